The maximum absolute atomic E-state index is 5.46. The summed E-state index contributed by atoms with van der Waals surface area (Å²) in [6, 6.07) is 0. The molecule has 0 radical (unpaired) electrons. The van der Waals surface area contributed by atoms with E-state index in [4.69, 9.17) is 4.74 Å². The van der Waals surface area contributed by atoms with E-state index in [-0.39, 0.29) is 0 Å². The van der Waals surface area contributed by atoms with Crippen molar-refractivity contribution in [2.45, 2.75) is 33.2 Å². The molecule has 1 fully saturated rings. The van der Waals surface area contributed by atoms with Gasteiger partial charge in [0.25, 0.3) is 0 Å². The highest BCUT2D eigenvalue weighted by Gasteiger charge is 2.13. The van der Waals surface area contributed by atoms with Gasteiger partial charge in [-0.15, -0.1) is 0 Å². The Morgan fingerprint density at radius 1 is 1.37 bits per heavy atom. The molecule has 1 aliphatic heterocycles. The summed E-state index contributed by atoms with van der Waals surface area (Å²) in [4.78, 5) is 11.4. The zero-order valence-electron chi connectivity index (χ0n) is 12.0. The molecule has 0 aromatic carbocycles. The zero-order valence-corrected chi connectivity index (χ0v) is 12.0. The summed E-state index contributed by atoms with van der Waals surface area (Å²) in [5.74, 6) is 0.835. The maximum atomic E-state index is 5.46. The lowest BCUT2D eigenvalue weighted by atomic mass is 10.2. The lowest BCUT2D eigenvalue weighted by Gasteiger charge is -2.20. The average Bonchev–Trinajstić information content (AvgIpc) is 2.70. The smallest absolute Gasteiger partial charge is 0.225 e. The molecule has 0 spiro atoms. The van der Waals surface area contributed by atoms with Crippen LogP contribution in [0.1, 0.15) is 31.0 Å². The molecule has 2 heterocycles. The number of ether oxygens (including phenoxy) is 1. The van der Waals surface area contributed by atoms with Gasteiger partial charge in [0, 0.05) is 43.7 Å². The number of hydrogen-bond acceptors (Lipinski definition) is 5. The molecular weight excluding hydrogens is 240 g/mol. The lowest BCUT2D eigenvalue weighted by Crippen LogP contribution is -2.28. The van der Waals surface area contributed by atoms with E-state index in [0.717, 1.165) is 63.9 Å². The first-order valence-corrected chi connectivity index (χ1v) is 7.17. The predicted octanol–water partition coefficient (Wildman–Crippen LogP) is 1.51. The van der Waals surface area contributed by atoms with Gasteiger partial charge in [-0.3, -0.25) is 0 Å². The van der Waals surface area contributed by atoms with Crippen molar-refractivity contribution in [1.82, 2.24) is 15.3 Å². The second-order valence-corrected chi connectivity index (χ2v) is 4.91. The van der Waals surface area contributed by atoms with Crippen molar-refractivity contribution in [2.24, 2.45) is 0 Å². The molecule has 5 heteroatoms. The van der Waals surface area contributed by atoms with Gasteiger partial charge in [-0.1, -0.05) is 6.92 Å². The Labute approximate surface area is 115 Å². The third-order valence-electron chi connectivity index (χ3n) is 3.32. The minimum atomic E-state index is 0.766. The van der Waals surface area contributed by atoms with E-state index in [1.165, 1.54) is 5.56 Å². The SMILES string of the molecule is CCCNCc1cnc(N2CCCOCC2)nc1C. The number of nitrogens with one attached hydrogen (secondary N) is 1. The number of aromatic nitrogens is 2. The quantitative estimate of drug-likeness (QED) is 0.817. The van der Waals surface area contributed by atoms with E-state index in [0.29, 0.717) is 0 Å². The van der Waals surface area contributed by atoms with Crippen molar-refractivity contribution < 1.29 is 4.74 Å². The van der Waals surface area contributed by atoms with Gasteiger partial charge < -0.3 is 15.0 Å². The van der Waals surface area contributed by atoms with Crippen LogP contribution in [-0.2, 0) is 11.3 Å². The van der Waals surface area contributed by atoms with Crippen molar-refractivity contribution in [3.05, 3.63) is 17.5 Å². The Hall–Kier alpha value is -1.20. The first-order valence-electron chi connectivity index (χ1n) is 7.17. The van der Waals surface area contributed by atoms with Crippen LogP contribution in [0, 0.1) is 6.92 Å². The van der Waals surface area contributed by atoms with Gasteiger partial charge in [0.1, 0.15) is 0 Å². The summed E-state index contributed by atoms with van der Waals surface area (Å²) in [6.07, 6.45) is 4.14. The topological polar surface area (TPSA) is 50.3 Å². The normalized spacial score (nSPS) is 16.4. The molecule has 1 aliphatic rings. The van der Waals surface area contributed by atoms with Crippen LogP contribution in [0.2, 0.25) is 0 Å². The summed E-state index contributed by atoms with van der Waals surface area (Å²) in [6.45, 7) is 9.58. The summed E-state index contributed by atoms with van der Waals surface area (Å²) in [7, 11) is 0. The summed E-state index contributed by atoms with van der Waals surface area (Å²) >= 11 is 0. The molecule has 2 rings (SSSR count). The zero-order chi connectivity index (χ0) is 13.5. The highest BCUT2D eigenvalue weighted by Crippen LogP contribution is 2.13. The molecule has 106 valence electrons. The van der Waals surface area contributed by atoms with Gasteiger partial charge in [-0.2, -0.15) is 0 Å². The molecule has 0 amide bonds. The Morgan fingerprint density at radius 2 is 2.26 bits per heavy atom. The predicted molar refractivity (Wildman–Crippen MR) is 76.4 cm³/mol. The second kappa shape index (κ2) is 7.40. The summed E-state index contributed by atoms with van der Waals surface area (Å²) in [5.41, 5.74) is 2.25. The van der Waals surface area contributed by atoms with E-state index in [2.05, 4.69) is 34.0 Å². The molecule has 1 aromatic rings. The standard InChI is InChI=1S/C14H24N4O/c1-3-5-15-10-13-11-16-14(17-12(13)2)18-6-4-8-19-9-7-18/h11,15H,3-10H2,1-2H3. The molecule has 0 aliphatic carbocycles. The fourth-order valence-corrected chi connectivity index (χ4v) is 2.15. The van der Waals surface area contributed by atoms with Gasteiger partial charge in [-0.05, 0) is 26.3 Å². The van der Waals surface area contributed by atoms with Crippen LogP contribution in [0.5, 0.6) is 0 Å². The highest BCUT2D eigenvalue weighted by molar-refractivity contribution is 5.33. The fraction of sp³-hybridized carbons (Fsp3) is 0.714. The molecule has 0 saturated carbocycles. The van der Waals surface area contributed by atoms with Crippen LogP contribution in [0.3, 0.4) is 0 Å². The lowest BCUT2D eigenvalue weighted by molar-refractivity contribution is 0.152. The van der Waals surface area contributed by atoms with E-state index in [9.17, 15) is 0 Å². The van der Waals surface area contributed by atoms with E-state index >= 15 is 0 Å². The maximum Gasteiger partial charge on any atom is 0.225 e. The number of rotatable bonds is 5. The molecule has 1 aromatic heterocycles. The van der Waals surface area contributed by atoms with E-state index in [1.54, 1.807) is 0 Å². The van der Waals surface area contributed by atoms with Crippen molar-refractivity contribution >= 4 is 5.95 Å². The summed E-state index contributed by atoms with van der Waals surface area (Å²) < 4.78 is 5.46. The molecule has 0 unspecified atom stereocenters. The van der Waals surface area contributed by atoms with Crippen LogP contribution in [0.25, 0.3) is 0 Å². The molecule has 0 atom stereocenters. The van der Waals surface area contributed by atoms with Crippen LogP contribution in [0.15, 0.2) is 6.20 Å². The molecule has 1 saturated heterocycles. The number of hydrogen-bond donors (Lipinski definition) is 1. The highest BCUT2D eigenvalue weighted by atomic mass is 16.5. The third kappa shape index (κ3) is 4.14. The Kier molecular flexibility index (Phi) is 5.54. The third-order valence-corrected chi connectivity index (χ3v) is 3.32. The van der Waals surface area contributed by atoms with E-state index < -0.39 is 0 Å². The van der Waals surface area contributed by atoms with Gasteiger partial charge in [0.2, 0.25) is 5.95 Å². The average molecular weight is 264 g/mol. The second-order valence-electron chi connectivity index (χ2n) is 4.91. The van der Waals surface area contributed by atoms with Crippen molar-refractivity contribution in [1.29, 1.82) is 0 Å². The van der Waals surface area contributed by atoms with Gasteiger partial charge in [-0.25, -0.2) is 9.97 Å². The molecule has 5 nitrogen and oxygen atoms in total. The first kappa shape index (κ1) is 14.2. The van der Waals surface area contributed by atoms with Gasteiger partial charge >= 0.3 is 0 Å². The Morgan fingerprint density at radius 3 is 3.05 bits per heavy atom. The number of anilines is 1. The van der Waals surface area contributed by atoms with Crippen molar-refractivity contribution in [2.75, 3.05) is 37.7 Å². The van der Waals surface area contributed by atoms with Crippen molar-refractivity contribution in [3.8, 4) is 0 Å². The minimum Gasteiger partial charge on any atom is -0.380 e. The van der Waals surface area contributed by atoms with Crippen molar-refractivity contribution in [3.63, 3.8) is 0 Å². The van der Waals surface area contributed by atoms with Gasteiger partial charge in [0.05, 0.1) is 6.61 Å². The Bertz CT molecular complexity index is 389. The van der Waals surface area contributed by atoms with Crippen LogP contribution in [0.4, 0.5) is 5.95 Å². The first-order chi connectivity index (χ1) is 9.31. The molecule has 0 bridgehead atoms. The molecular formula is C14H24N4O. The molecule has 1 N–H and O–H groups in total. The van der Waals surface area contributed by atoms with E-state index in [1.807, 2.05) is 6.20 Å². The van der Waals surface area contributed by atoms with Gasteiger partial charge in [0.15, 0.2) is 0 Å². The summed E-state index contributed by atoms with van der Waals surface area (Å²) in [5, 5.41) is 3.39. The molecule has 19 heavy (non-hydrogen) atoms. The number of nitrogens with zero attached hydrogens (tertiary/aromatic N) is 3. The van der Waals surface area contributed by atoms with Crippen LogP contribution < -0.4 is 10.2 Å². The van der Waals surface area contributed by atoms with Crippen LogP contribution >= 0.6 is 0 Å². The fourth-order valence-electron chi connectivity index (χ4n) is 2.15. The Balaban J connectivity index is 2.00. The van der Waals surface area contributed by atoms with Crippen LogP contribution in [-0.4, -0.2) is 42.8 Å². The minimum absolute atomic E-state index is 0.766. The largest absolute Gasteiger partial charge is 0.380 e. The number of aryl methyl sites for hydroxylation is 1. The monoisotopic (exact) mass is 264 g/mol.